The summed E-state index contributed by atoms with van der Waals surface area (Å²) in [4.78, 5) is 7.97. The van der Waals surface area contributed by atoms with E-state index < -0.39 is 0 Å². The molecule has 40 heavy (non-hydrogen) atoms. The van der Waals surface area contributed by atoms with Crippen LogP contribution in [0.25, 0.3) is 50.0 Å². The molecule has 3 heterocycles. The third kappa shape index (κ3) is 4.77. The van der Waals surface area contributed by atoms with Crippen LogP contribution in [0, 0.1) is 11.7 Å². The van der Waals surface area contributed by atoms with Crippen molar-refractivity contribution < 1.29 is 4.39 Å². The van der Waals surface area contributed by atoms with E-state index in [0.29, 0.717) is 17.2 Å². The van der Waals surface area contributed by atoms with E-state index >= 15 is 0 Å². The number of pyridine rings is 1. The summed E-state index contributed by atoms with van der Waals surface area (Å²) in [7, 11) is 0. The number of H-pyrrole nitrogens is 2. The molecule has 0 amide bonds. The van der Waals surface area contributed by atoms with E-state index in [2.05, 4.69) is 62.9 Å². The lowest BCUT2D eigenvalue weighted by molar-refractivity contribution is 0.607. The fourth-order valence-corrected chi connectivity index (χ4v) is 5.66. The van der Waals surface area contributed by atoms with E-state index in [1.807, 2.05) is 37.3 Å². The smallest absolute Gasteiger partial charge is 0.132 e. The van der Waals surface area contributed by atoms with Gasteiger partial charge in [0.15, 0.2) is 0 Å². The molecule has 0 spiro atoms. The van der Waals surface area contributed by atoms with E-state index in [0.717, 1.165) is 55.7 Å². The number of benzene rings is 2. The molecule has 1 aliphatic rings. The predicted molar refractivity (Wildman–Crippen MR) is 163 cm³/mol. The Balaban J connectivity index is 1.36. The number of allylic oxidation sites excluding steroid dienone is 5. The van der Waals surface area contributed by atoms with Gasteiger partial charge in [0, 0.05) is 39.4 Å². The Labute approximate surface area is 233 Å². The van der Waals surface area contributed by atoms with Gasteiger partial charge in [-0.2, -0.15) is 5.10 Å². The van der Waals surface area contributed by atoms with Crippen LogP contribution in [0.1, 0.15) is 38.2 Å². The van der Waals surface area contributed by atoms with Crippen LogP contribution in [0.15, 0.2) is 104 Å². The summed E-state index contributed by atoms with van der Waals surface area (Å²) >= 11 is 0. The molecule has 3 N–H and O–H groups in total. The first-order valence-electron chi connectivity index (χ1n) is 13.7. The predicted octanol–water partition coefficient (Wildman–Crippen LogP) is 8.68. The largest absolute Gasteiger partial charge is 0.359 e. The Kier molecular flexibility index (Phi) is 6.91. The van der Waals surface area contributed by atoms with Gasteiger partial charge in [-0.05, 0) is 85.4 Å². The minimum atomic E-state index is -0.299. The van der Waals surface area contributed by atoms with E-state index in [1.165, 1.54) is 31.7 Å². The summed E-state index contributed by atoms with van der Waals surface area (Å²) in [5.74, 6) is 0.222. The third-order valence-corrected chi connectivity index (χ3v) is 7.82. The van der Waals surface area contributed by atoms with Crippen LogP contribution in [0.3, 0.4) is 0 Å². The molecular weight excluding hydrogens is 497 g/mol. The van der Waals surface area contributed by atoms with Gasteiger partial charge in [-0.25, -0.2) is 4.39 Å². The summed E-state index contributed by atoms with van der Waals surface area (Å²) in [6.45, 7) is 10.4. The van der Waals surface area contributed by atoms with Crippen LogP contribution >= 0.6 is 0 Å². The molecule has 1 saturated carbocycles. The molecule has 200 valence electrons. The summed E-state index contributed by atoms with van der Waals surface area (Å²) < 4.78 is 14.6. The Bertz CT molecular complexity index is 1800. The highest BCUT2D eigenvalue weighted by Gasteiger charge is 2.19. The van der Waals surface area contributed by atoms with Gasteiger partial charge in [0.25, 0.3) is 0 Å². The maximum Gasteiger partial charge on any atom is 0.132 e. The van der Waals surface area contributed by atoms with E-state index in [9.17, 15) is 4.39 Å². The van der Waals surface area contributed by atoms with Gasteiger partial charge in [-0.1, -0.05) is 50.3 Å². The fraction of sp³-hybridized carbons (Fsp3) is 0.176. The highest BCUT2D eigenvalue weighted by Crippen LogP contribution is 2.35. The zero-order chi connectivity index (χ0) is 27.6. The second-order valence-corrected chi connectivity index (χ2v) is 10.3. The molecule has 0 bridgehead atoms. The Morgan fingerprint density at radius 3 is 2.60 bits per heavy atom. The zero-order valence-electron chi connectivity index (χ0n) is 22.6. The van der Waals surface area contributed by atoms with Crippen molar-refractivity contribution >= 4 is 27.4 Å². The van der Waals surface area contributed by atoms with Crippen LogP contribution in [0.4, 0.5) is 4.39 Å². The first kappa shape index (κ1) is 25.6. The summed E-state index contributed by atoms with van der Waals surface area (Å²) in [6, 6.07) is 16.9. The first-order chi connectivity index (χ1) is 19.6. The lowest BCUT2D eigenvalue weighted by Gasteiger charge is -2.17. The fourth-order valence-electron chi connectivity index (χ4n) is 5.66. The molecule has 5 nitrogen and oxygen atoms in total. The van der Waals surface area contributed by atoms with Crippen molar-refractivity contribution in [1.82, 2.24) is 25.5 Å². The Morgan fingerprint density at radius 2 is 1.82 bits per heavy atom. The number of halogens is 1. The van der Waals surface area contributed by atoms with Crippen molar-refractivity contribution in [3.63, 3.8) is 0 Å². The SMILES string of the molecule is C=C/C(=C\C(=C/C)c1ccc2[nH]nc(-c3cc4c(-c5ccccc5F)nccc4[nH]3)c2c1)NC(=C)C1CCCC1. The quantitative estimate of drug-likeness (QED) is 0.176. The number of aromatic amines is 2. The van der Waals surface area contributed by atoms with Gasteiger partial charge in [0.2, 0.25) is 0 Å². The molecule has 0 unspecified atom stereocenters. The summed E-state index contributed by atoms with van der Waals surface area (Å²) in [5, 5.41) is 13.1. The average Bonchev–Trinajstić information content (AvgIpc) is 3.74. The maximum atomic E-state index is 14.6. The molecule has 0 radical (unpaired) electrons. The van der Waals surface area contributed by atoms with Crippen LogP contribution < -0.4 is 5.32 Å². The van der Waals surface area contributed by atoms with Crippen LogP contribution in [0.5, 0.6) is 0 Å². The molecule has 1 aliphatic carbocycles. The summed E-state index contributed by atoms with van der Waals surface area (Å²) in [6.07, 6.45) is 12.7. The van der Waals surface area contributed by atoms with E-state index in [-0.39, 0.29) is 5.82 Å². The van der Waals surface area contributed by atoms with Crippen molar-refractivity contribution in [3.05, 3.63) is 115 Å². The number of hydrogen-bond donors (Lipinski definition) is 3. The van der Waals surface area contributed by atoms with Gasteiger partial charge in [0.1, 0.15) is 11.5 Å². The third-order valence-electron chi connectivity index (χ3n) is 7.82. The molecule has 6 rings (SSSR count). The average molecular weight is 530 g/mol. The molecular formula is C34H32FN5. The van der Waals surface area contributed by atoms with Gasteiger partial charge >= 0.3 is 0 Å². The Morgan fingerprint density at radius 1 is 1.02 bits per heavy atom. The molecule has 2 aromatic carbocycles. The molecule has 1 fully saturated rings. The first-order valence-corrected chi connectivity index (χ1v) is 13.7. The molecule has 0 atom stereocenters. The highest BCUT2D eigenvalue weighted by atomic mass is 19.1. The monoisotopic (exact) mass is 529 g/mol. The number of nitrogens with zero attached hydrogens (tertiary/aromatic N) is 2. The number of aromatic nitrogens is 4. The van der Waals surface area contributed by atoms with Gasteiger partial charge in [-0.3, -0.25) is 10.1 Å². The van der Waals surface area contributed by atoms with E-state index in [4.69, 9.17) is 0 Å². The van der Waals surface area contributed by atoms with Crippen molar-refractivity contribution in [1.29, 1.82) is 0 Å². The van der Waals surface area contributed by atoms with Gasteiger partial charge in [-0.15, -0.1) is 0 Å². The standard InChI is InChI=1S/C34H32FN5/c1-4-22(18-25(5-2)37-21(3)23-10-6-7-11-23)24-14-15-31-27(19-24)34(40-39-31)32-20-28-30(38-32)16-17-36-33(28)26-12-8-9-13-29(26)35/h4-5,8-9,12-20,23,37-38H,2-3,6-7,10-11H2,1H3,(H,39,40)/b22-4+,25-18+. The van der Waals surface area contributed by atoms with Crippen LogP contribution in [0.2, 0.25) is 0 Å². The number of fused-ring (bicyclic) bond motifs is 2. The number of hydrogen-bond acceptors (Lipinski definition) is 3. The lowest BCUT2D eigenvalue weighted by Crippen LogP contribution is -2.16. The lowest BCUT2D eigenvalue weighted by atomic mass is 10.0. The van der Waals surface area contributed by atoms with Gasteiger partial charge < -0.3 is 10.3 Å². The van der Waals surface area contributed by atoms with Crippen molar-refractivity contribution in [2.45, 2.75) is 32.6 Å². The number of nitrogens with one attached hydrogen (secondary N) is 3. The second-order valence-electron chi connectivity index (χ2n) is 10.3. The van der Waals surface area contributed by atoms with Crippen LogP contribution in [-0.2, 0) is 0 Å². The highest BCUT2D eigenvalue weighted by molar-refractivity contribution is 6.00. The van der Waals surface area contributed by atoms with Crippen molar-refractivity contribution in [2.75, 3.05) is 0 Å². The maximum absolute atomic E-state index is 14.6. The molecule has 0 saturated heterocycles. The normalized spacial score (nSPS) is 14.8. The molecule has 0 aliphatic heterocycles. The van der Waals surface area contributed by atoms with E-state index in [1.54, 1.807) is 18.3 Å². The molecule has 3 aromatic heterocycles. The number of rotatable bonds is 8. The molecule has 5 aromatic rings. The van der Waals surface area contributed by atoms with Crippen molar-refractivity contribution in [3.8, 4) is 22.6 Å². The van der Waals surface area contributed by atoms with Crippen LogP contribution in [-0.4, -0.2) is 20.2 Å². The Hall–Kier alpha value is -4.71. The minimum Gasteiger partial charge on any atom is -0.359 e. The topological polar surface area (TPSA) is 69.4 Å². The molecule has 6 heteroatoms. The second kappa shape index (κ2) is 10.8. The summed E-state index contributed by atoms with van der Waals surface area (Å²) in [5.41, 5.74) is 8.64. The minimum absolute atomic E-state index is 0.299. The van der Waals surface area contributed by atoms with Gasteiger partial charge in [0.05, 0.1) is 16.9 Å². The van der Waals surface area contributed by atoms with Crippen molar-refractivity contribution in [2.24, 2.45) is 5.92 Å². The zero-order valence-corrected chi connectivity index (χ0v) is 22.6.